The van der Waals surface area contributed by atoms with E-state index in [2.05, 4.69) is 5.32 Å². The van der Waals surface area contributed by atoms with E-state index in [1.54, 1.807) is 12.0 Å². The SMILES string of the molecule is CC[C@@H](C(=O)NC(C)(C)C)N(Cc1cccc(OC)c1)C(=O)CCc1ccc2c(c1)OCCO2. The largest absolute Gasteiger partial charge is 0.497 e. The van der Waals surface area contributed by atoms with Gasteiger partial charge in [0.2, 0.25) is 11.8 Å². The van der Waals surface area contributed by atoms with E-state index in [9.17, 15) is 9.59 Å². The van der Waals surface area contributed by atoms with Crippen molar-refractivity contribution in [3.05, 3.63) is 53.6 Å². The fourth-order valence-corrected chi connectivity index (χ4v) is 3.98. The second kappa shape index (κ2) is 11.3. The van der Waals surface area contributed by atoms with Crippen LogP contribution in [0.1, 0.15) is 51.7 Å². The van der Waals surface area contributed by atoms with Crippen LogP contribution in [0.15, 0.2) is 42.5 Å². The van der Waals surface area contributed by atoms with Crippen molar-refractivity contribution in [2.45, 2.75) is 65.1 Å². The average molecular weight is 469 g/mol. The lowest BCUT2D eigenvalue weighted by Gasteiger charge is -2.33. The van der Waals surface area contributed by atoms with Crippen LogP contribution < -0.4 is 19.5 Å². The van der Waals surface area contributed by atoms with E-state index in [1.807, 2.05) is 70.2 Å². The monoisotopic (exact) mass is 468 g/mol. The molecule has 2 aromatic rings. The molecule has 1 aliphatic rings. The molecule has 0 fully saturated rings. The van der Waals surface area contributed by atoms with Crippen LogP contribution in [-0.2, 0) is 22.6 Å². The van der Waals surface area contributed by atoms with Gasteiger partial charge in [-0.15, -0.1) is 0 Å². The maximum absolute atomic E-state index is 13.5. The summed E-state index contributed by atoms with van der Waals surface area (Å²) in [5, 5.41) is 3.03. The molecule has 0 saturated carbocycles. The summed E-state index contributed by atoms with van der Waals surface area (Å²) in [6.07, 6.45) is 1.34. The molecule has 1 atom stereocenters. The van der Waals surface area contributed by atoms with Gasteiger partial charge in [0, 0.05) is 18.5 Å². The van der Waals surface area contributed by atoms with Crippen molar-refractivity contribution in [1.82, 2.24) is 10.2 Å². The molecule has 0 spiro atoms. The molecule has 7 heteroatoms. The molecule has 1 N–H and O–H groups in total. The first-order valence-electron chi connectivity index (χ1n) is 11.8. The zero-order valence-corrected chi connectivity index (χ0v) is 20.8. The number of hydrogen-bond acceptors (Lipinski definition) is 5. The van der Waals surface area contributed by atoms with Gasteiger partial charge in [-0.25, -0.2) is 0 Å². The van der Waals surface area contributed by atoms with E-state index in [0.29, 0.717) is 44.1 Å². The second-order valence-electron chi connectivity index (χ2n) is 9.51. The molecule has 34 heavy (non-hydrogen) atoms. The molecule has 184 valence electrons. The molecule has 0 unspecified atom stereocenters. The second-order valence-corrected chi connectivity index (χ2v) is 9.51. The Labute approximate surface area is 202 Å². The summed E-state index contributed by atoms with van der Waals surface area (Å²) in [4.78, 5) is 28.3. The highest BCUT2D eigenvalue weighted by Gasteiger charge is 2.30. The summed E-state index contributed by atoms with van der Waals surface area (Å²) in [6, 6.07) is 12.8. The van der Waals surface area contributed by atoms with Gasteiger partial charge in [0.25, 0.3) is 0 Å². The third-order valence-corrected chi connectivity index (χ3v) is 5.61. The highest BCUT2D eigenvalue weighted by Crippen LogP contribution is 2.31. The van der Waals surface area contributed by atoms with Gasteiger partial charge < -0.3 is 24.4 Å². The average Bonchev–Trinajstić information content (AvgIpc) is 2.81. The number of nitrogens with zero attached hydrogens (tertiary/aromatic N) is 1. The summed E-state index contributed by atoms with van der Waals surface area (Å²) in [7, 11) is 1.61. The standard InChI is InChI=1S/C27H36N2O5/c1-6-22(26(31)28-27(2,3)4)29(18-20-8-7-9-21(16-20)32-5)25(30)13-11-19-10-12-23-24(17-19)34-15-14-33-23/h7-10,12,16-17,22H,6,11,13-15,18H2,1-5H3,(H,28,31)/t22-/m0/s1. The van der Waals surface area contributed by atoms with Crippen LogP contribution in [0.25, 0.3) is 0 Å². The number of amides is 2. The van der Waals surface area contributed by atoms with Crippen molar-refractivity contribution in [1.29, 1.82) is 0 Å². The van der Waals surface area contributed by atoms with Crippen LogP contribution in [0.2, 0.25) is 0 Å². The molecule has 0 aromatic heterocycles. The molecule has 1 aliphatic heterocycles. The van der Waals surface area contributed by atoms with Crippen LogP contribution in [0, 0.1) is 0 Å². The van der Waals surface area contributed by atoms with Crippen molar-refractivity contribution >= 4 is 11.8 Å². The minimum absolute atomic E-state index is 0.0754. The smallest absolute Gasteiger partial charge is 0.243 e. The van der Waals surface area contributed by atoms with Gasteiger partial charge in [0.1, 0.15) is 25.0 Å². The Bertz CT molecular complexity index is 999. The van der Waals surface area contributed by atoms with Crippen molar-refractivity contribution < 1.29 is 23.8 Å². The number of methoxy groups -OCH3 is 1. The summed E-state index contributed by atoms with van der Waals surface area (Å²) in [5.74, 6) is 1.93. The summed E-state index contributed by atoms with van der Waals surface area (Å²) in [5.41, 5.74) is 1.51. The number of carbonyl (C=O) groups is 2. The molecular weight excluding hydrogens is 432 g/mol. The minimum atomic E-state index is -0.571. The first kappa shape index (κ1) is 25.4. The quantitative estimate of drug-likeness (QED) is 0.599. The first-order valence-corrected chi connectivity index (χ1v) is 11.8. The molecule has 7 nitrogen and oxygen atoms in total. The molecule has 3 rings (SSSR count). The number of carbonyl (C=O) groups excluding carboxylic acids is 2. The van der Waals surface area contributed by atoms with Gasteiger partial charge in [-0.2, -0.15) is 0 Å². The van der Waals surface area contributed by atoms with E-state index < -0.39 is 6.04 Å². The van der Waals surface area contributed by atoms with Crippen LogP contribution >= 0.6 is 0 Å². The van der Waals surface area contributed by atoms with Gasteiger partial charge in [0.05, 0.1) is 7.11 Å². The van der Waals surface area contributed by atoms with Crippen molar-refractivity contribution in [3.63, 3.8) is 0 Å². The van der Waals surface area contributed by atoms with Crippen LogP contribution in [-0.4, -0.2) is 48.6 Å². The molecule has 0 saturated heterocycles. The van der Waals surface area contributed by atoms with Crippen LogP contribution in [0.3, 0.4) is 0 Å². The predicted octanol–water partition coefficient (Wildman–Crippen LogP) is 4.12. The number of benzene rings is 2. The topological polar surface area (TPSA) is 77.1 Å². The Balaban J connectivity index is 1.79. The van der Waals surface area contributed by atoms with E-state index >= 15 is 0 Å². The van der Waals surface area contributed by atoms with Crippen molar-refractivity contribution in [3.8, 4) is 17.2 Å². The summed E-state index contributed by atoms with van der Waals surface area (Å²) in [6.45, 7) is 9.13. The Kier molecular flexibility index (Phi) is 8.42. The van der Waals surface area contributed by atoms with Gasteiger partial charge >= 0.3 is 0 Å². The maximum Gasteiger partial charge on any atom is 0.243 e. The van der Waals surface area contributed by atoms with E-state index in [1.165, 1.54) is 0 Å². The zero-order chi connectivity index (χ0) is 24.7. The third kappa shape index (κ3) is 6.89. The molecule has 2 aromatic carbocycles. The fraction of sp³-hybridized carbons (Fsp3) is 0.481. The summed E-state index contributed by atoms with van der Waals surface area (Å²) >= 11 is 0. The van der Waals surface area contributed by atoms with Crippen LogP contribution in [0.4, 0.5) is 0 Å². The Hall–Kier alpha value is -3.22. The lowest BCUT2D eigenvalue weighted by atomic mass is 10.0. The predicted molar refractivity (Wildman–Crippen MR) is 131 cm³/mol. The highest BCUT2D eigenvalue weighted by molar-refractivity contribution is 5.88. The number of fused-ring (bicyclic) bond motifs is 1. The van der Waals surface area contributed by atoms with Gasteiger partial charge in [-0.1, -0.05) is 25.1 Å². The van der Waals surface area contributed by atoms with Crippen molar-refractivity contribution in [2.75, 3.05) is 20.3 Å². The summed E-state index contributed by atoms with van der Waals surface area (Å²) < 4.78 is 16.6. The normalized spacial score (nSPS) is 13.7. The van der Waals surface area contributed by atoms with Crippen LogP contribution in [0.5, 0.6) is 17.2 Å². The van der Waals surface area contributed by atoms with Gasteiger partial charge in [0.15, 0.2) is 11.5 Å². The molecule has 0 radical (unpaired) electrons. The molecule has 0 bridgehead atoms. The number of hydrogen-bond donors (Lipinski definition) is 1. The van der Waals surface area contributed by atoms with E-state index in [-0.39, 0.29) is 23.8 Å². The first-order chi connectivity index (χ1) is 16.2. The number of rotatable bonds is 9. The molecular formula is C27H36N2O5. The lowest BCUT2D eigenvalue weighted by Crippen LogP contribution is -2.53. The maximum atomic E-state index is 13.5. The fourth-order valence-electron chi connectivity index (χ4n) is 3.98. The molecule has 2 amide bonds. The minimum Gasteiger partial charge on any atom is -0.497 e. The van der Waals surface area contributed by atoms with Crippen molar-refractivity contribution in [2.24, 2.45) is 0 Å². The number of aryl methyl sites for hydroxylation is 1. The zero-order valence-electron chi connectivity index (χ0n) is 20.8. The Morgan fingerprint density at radius 2 is 1.79 bits per heavy atom. The van der Waals surface area contributed by atoms with E-state index in [4.69, 9.17) is 14.2 Å². The Morgan fingerprint density at radius 3 is 2.47 bits per heavy atom. The van der Waals surface area contributed by atoms with Gasteiger partial charge in [-0.05, 0) is 69.0 Å². The Morgan fingerprint density at radius 1 is 1.06 bits per heavy atom. The highest BCUT2D eigenvalue weighted by atomic mass is 16.6. The van der Waals surface area contributed by atoms with Gasteiger partial charge in [-0.3, -0.25) is 9.59 Å². The number of ether oxygens (including phenoxy) is 3. The lowest BCUT2D eigenvalue weighted by molar-refractivity contribution is -0.142. The number of nitrogens with one attached hydrogen (secondary N) is 1. The molecule has 0 aliphatic carbocycles. The van der Waals surface area contributed by atoms with E-state index in [0.717, 1.165) is 16.9 Å². The molecule has 1 heterocycles. The third-order valence-electron chi connectivity index (χ3n) is 5.61.